The van der Waals surface area contributed by atoms with Gasteiger partial charge in [0.2, 0.25) is 0 Å². The van der Waals surface area contributed by atoms with Gasteiger partial charge >= 0.3 is 5.97 Å². The topological polar surface area (TPSA) is 56.2 Å². The van der Waals surface area contributed by atoms with Crippen LogP contribution in [0.1, 0.15) is 24.6 Å². The predicted molar refractivity (Wildman–Crippen MR) is 81.2 cm³/mol. The van der Waals surface area contributed by atoms with Gasteiger partial charge in [0.05, 0.1) is 18.5 Å². The molecule has 0 bridgehead atoms. The molecule has 1 N–H and O–H groups in total. The van der Waals surface area contributed by atoms with Gasteiger partial charge in [-0.2, -0.15) is 5.10 Å². The second kappa shape index (κ2) is 7.04. The Kier molecular flexibility index (Phi) is 5.11. The number of nitrogens with one attached hydrogen (secondary N) is 1. The summed E-state index contributed by atoms with van der Waals surface area (Å²) in [5, 5.41) is 7.72. The smallest absolute Gasteiger partial charge is 0.322 e. The monoisotopic (exact) mass is 287 g/mol. The molecule has 0 fully saturated rings. The van der Waals surface area contributed by atoms with Crippen LogP contribution in [0.3, 0.4) is 0 Å². The van der Waals surface area contributed by atoms with E-state index in [1.807, 2.05) is 55.1 Å². The van der Waals surface area contributed by atoms with E-state index in [9.17, 15) is 4.79 Å². The van der Waals surface area contributed by atoms with E-state index in [0.717, 1.165) is 16.9 Å². The van der Waals surface area contributed by atoms with E-state index in [2.05, 4.69) is 10.4 Å². The molecule has 0 amide bonds. The number of aromatic nitrogens is 2. The lowest BCUT2D eigenvalue weighted by Gasteiger charge is -2.13. The van der Waals surface area contributed by atoms with Crippen molar-refractivity contribution in [3.05, 3.63) is 47.8 Å². The molecule has 5 heteroatoms. The zero-order chi connectivity index (χ0) is 15.2. The first-order valence-corrected chi connectivity index (χ1v) is 7.07. The number of esters is 1. The summed E-state index contributed by atoms with van der Waals surface area (Å²) in [6.07, 6.45) is 2.68. The minimum absolute atomic E-state index is 0.231. The number of benzene rings is 1. The SMILES string of the molecule is CCC(NCc1cn(-c2ccccc2)nc1C)C(=O)OC. The van der Waals surface area contributed by atoms with E-state index >= 15 is 0 Å². The van der Waals surface area contributed by atoms with Crippen LogP contribution in [-0.4, -0.2) is 28.9 Å². The number of methoxy groups -OCH3 is 1. The Morgan fingerprint density at radius 2 is 2.10 bits per heavy atom. The zero-order valence-corrected chi connectivity index (χ0v) is 12.7. The van der Waals surface area contributed by atoms with Crippen LogP contribution in [0.4, 0.5) is 0 Å². The highest BCUT2D eigenvalue weighted by molar-refractivity contribution is 5.75. The van der Waals surface area contributed by atoms with Crippen LogP contribution in [0.15, 0.2) is 36.5 Å². The van der Waals surface area contributed by atoms with E-state index in [4.69, 9.17) is 4.74 Å². The van der Waals surface area contributed by atoms with E-state index < -0.39 is 0 Å². The highest BCUT2D eigenvalue weighted by Crippen LogP contribution is 2.12. The van der Waals surface area contributed by atoms with Crippen molar-refractivity contribution < 1.29 is 9.53 Å². The van der Waals surface area contributed by atoms with Crippen molar-refractivity contribution in [3.63, 3.8) is 0 Å². The van der Waals surface area contributed by atoms with Crippen LogP contribution in [-0.2, 0) is 16.1 Å². The number of hydrogen-bond donors (Lipinski definition) is 1. The molecule has 0 saturated carbocycles. The summed E-state index contributed by atoms with van der Waals surface area (Å²) in [6.45, 7) is 4.51. The fourth-order valence-corrected chi connectivity index (χ4v) is 2.15. The Hall–Kier alpha value is -2.14. The van der Waals surface area contributed by atoms with Crippen molar-refractivity contribution in [1.29, 1.82) is 0 Å². The first-order valence-electron chi connectivity index (χ1n) is 7.07. The number of para-hydroxylation sites is 1. The van der Waals surface area contributed by atoms with E-state index in [1.165, 1.54) is 7.11 Å². The molecule has 1 unspecified atom stereocenters. The molecular weight excluding hydrogens is 266 g/mol. The molecule has 2 aromatic rings. The maximum Gasteiger partial charge on any atom is 0.322 e. The Bertz CT molecular complexity index is 593. The molecule has 1 heterocycles. The van der Waals surface area contributed by atoms with Gasteiger partial charge in [0, 0.05) is 18.3 Å². The molecule has 0 aliphatic carbocycles. The lowest BCUT2D eigenvalue weighted by molar-refractivity contribution is -0.143. The summed E-state index contributed by atoms with van der Waals surface area (Å²) >= 11 is 0. The van der Waals surface area contributed by atoms with Crippen molar-refractivity contribution in [1.82, 2.24) is 15.1 Å². The van der Waals surface area contributed by atoms with Crippen molar-refractivity contribution in [3.8, 4) is 5.69 Å². The Morgan fingerprint density at radius 3 is 2.71 bits per heavy atom. The first kappa shape index (κ1) is 15.3. The van der Waals surface area contributed by atoms with Crippen molar-refractivity contribution in [2.24, 2.45) is 0 Å². The third-order valence-electron chi connectivity index (χ3n) is 3.45. The van der Waals surface area contributed by atoms with E-state index in [-0.39, 0.29) is 12.0 Å². The van der Waals surface area contributed by atoms with Crippen LogP contribution in [0.5, 0.6) is 0 Å². The molecule has 21 heavy (non-hydrogen) atoms. The molecule has 0 spiro atoms. The van der Waals surface area contributed by atoms with Gasteiger partial charge < -0.3 is 10.1 Å². The summed E-state index contributed by atoms with van der Waals surface area (Å²) in [5.41, 5.74) is 3.04. The molecule has 2 rings (SSSR count). The summed E-state index contributed by atoms with van der Waals surface area (Å²) in [6, 6.07) is 9.67. The van der Waals surface area contributed by atoms with E-state index in [0.29, 0.717) is 13.0 Å². The van der Waals surface area contributed by atoms with Crippen molar-refractivity contribution in [2.45, 2.75) is 32.9 Å². The third-order valence-corrected chi connectivity index (χ3v) is 3.45. The average molecular weight is 287 g/mol. The fourth-order valence-electron chi connectivity index (χ4n) is 2.15. The van der Waals surface area contributed by atoms with Crippen LogP contribution in [0.2, 0.25) is 0 Å². The highest BCUT2D eigenvalue weighted by Gasteiger charge is 2.17. The second-order valence-electron chi connectivity index (χ2n) is 4.88. The zero-order valence-electron chi connectivity index (χ0n) is 12.7. The number of aryl methyl sites for hydroxylation is 1. The molecule has 0 aliphatic rings. The van der Waals surface area contributed by atoms with Gasteiger partial charge in [-0.25, -0.2) is 4.68 Å². The van der Waals surface area contributed by atoms with Gasteiger partial charge in [-0.15, -0.1) is 0 Å². The molecular formula is C16H21N3O2. The Labute approximate surface area is 124 Å². The lowest BCUT2D eigenvalue weighted by atomic mass is 10.2. The highest BCUT2D eigenvalue weighted by atomic mass is 16.5. The maximum atomic E-state index is 11.6. The molecule has 0 radical (unpaired) electrons. The normalized spacial score (nSPS) is 12.1. The summed E-state index contributed by atoms with van der Waals surface area (Å²) in [7, 11) is 1.41. The number of rotatable bonds is 6. The van der Waals surface area contributed by atoms with Crippen LogP contribution in [0.25, 0.3) is 5.69 Å². The molecule has 5 nitrogen and oxygen atoms in total. The molecule has 1 aromatic heterocycles. The van der Waals surface area contributed by atoms with Crippen LogP contribution >= 0.6 is 0 Å². The van der Waals surface area contributed by atoms with Gasteiger partial charge in [-0.05, 0) is 25.5 Å². The molecule has 1 aromatic carbocycles. The average Bonchev–Trinajstić information content (AvgIpc) is 2.89. The van der Waals surface area contributed by atoms with Crippen molar-refractivity contribution in [2.75, 3.05) is 7.11 Å². The summed E-state index contributed by atoms with van der Waals surface area (Å²) in [5.74, 6) is -0.231. The van der Waals surface area contributed by atoms with E-state index in [1.54, 1.807) is 0 Å². The van der Waals surface area contributed by atoms with Gasteiger partial charge in [-0.3, -0.25) is 4.79 Å². The van der Waals surface area contributed by atoms with Crippen LogP contribution < -0.4 is 5.32 Å². The third kappa shape index (κ3) is 3.70. The largest absolute Gasteiger partial charge is 0.468 e. The minimum atomic E-state index is -0.283. The van der Waals surface area contributed by atoms with Gasteiger partial charge in [-0.1, -0.05) is 25.1 Å². The minimum Gasteiger partial charge on any atom is -0.468 e. The fraction of sp³-hybridized carbons (Fsp3) is 0.375. The standard InChI is InChI=1S/C16H21N3O2/c1-4-15(16(20)21-3)17-10-13-11-19(18-12(13)2)14-8-6-5-7-9-14/h5-9,11,15,17H,4,10H2,1-3H3. The molecule has 112 valence electrons. The van der Waals surface area contributed by atoms with Crippen LogP contribution in [0, 0.1) is 6.92 Å². The lowest BCUT2D eigenvalue weighted by Crippen LogP contribution is -2.36. The van der Waals surface area contributed by atoms with Crippen molar-refractivity contribution >= 4 is 5.97 Å². The first-order chi connectivity index (χ1) is 10.2. The van der Waals surface area contributed by atoms with Gasteiger partial charge in [0.1, 0.15) is 6.04 Å². The summed E-state index contributed by atoms with van der Waals surface area (Å²) < 4.78 is 6.63. The number of nitrogens with zero attached hydrogens (tertiary/aromatic N) is 2. The molecule has 1 atom stereocenters. The van der Waals surface area contributed by atoms with Gasteiger partial charge in [0.15, 0.2) is 0 Å². The molecule has 0 saturated heterocycles. The Morgan fingerprint density at radius 1 is 1.38 bits per heavy atom. The number of hydrogen-bond acceptors (Lipinski definition) is 4. The second-order valence-corrected chi connectivity index (χ2v) is 4.88. The predicted octanol–water partition coefficient (Wildman–Crippen LogP) is 2.22. The Balaban J connectivity index is 2.08. The molecule has 0 aliphatic heterocycles. The quantitative estimate of drug-likeness (QED) is 0.828. The number of ether oxygens (including phenoxy) is 1. The number of carbonyl (C=O) groups excluding carboxylic acids is 1. The number of carbonyl (C=O) groups is 1. The maximum absolute atomic E-state index is 11.6. The van der Waals surface area contributed by atoms with Gasteiger partial charge in [0.25, 0.3) is 0 Å². The summed E-state index contributed by atoms with van der Waals surface area (Å²) in [4.78, 5) is 11.6.